The fraction of sp³-hybridized carbons (Fsp3) is 0.875. The summed E-state index contributed by atoms with van der Waals surface area (Å²) in [5, 5.41) is 1.59. The minimum atomic E-state index is -0.604. The van der Waals surface area contributed by atoms with Crippen molar-refractivity contribution in [3.8, 4) is 0 Å². The van der Waals surface area contributed by atoms with E-state index < -0.39 is 5.54 Å². The molecule has 0 aromatic heterocycles. The van der Waals surface area contributed by atoms with Gasteiger partial charge in [0.05, 0.1) is 7.11 Å². The molecule has 0 bridgehead atoms. The molecule has 0 spiro atoms. The number of hydrazine groups is 1. The first-order valence-corrected chi connectivity index (χ1v) is 4.22. The Balaban J connectivity index is 2.72. The standard InChI is InChI=1S/C8H16N2O2/c1-8(7(11)12-2)5-3-4-6-10(8)9/h3-6,9H2,1-2H3/t8-/m0/s1. The smallest absolute Gasteiger partial charge is 0.327 e. The van der Waals surface area contributed by atoms with Gasteiger partial charge < -0.3 is 4.74 Å². The van der Waals surface area contributed by atoms with E-state index in [0.29, 0.717) is 0 Å². The monoisotopic (exact) mass is 172 g/mol. The number of nitrogens with zero attached hydrogens (tertiary/aromatic N) is 1. The molecule has 0 aromatic rings. The minimum Gasteiger partial charge on any atom is -0.468 e. The molecule has 1 atom stereocenters. The highest BCUT2D eigenvalue weighted by Crippen LogP contribution is 2.25. The van der Waals surface area contributed by atoms with Crippen LogP contribution in [0.5, 0.6) is 0 Å². The van der Waals surface area contributed by atoms with Crippen LogP contribution in [0, 0.1) is 0 Å². The van der Waals surface area contributed by atoms with E-state index in [4.69, 9.17) is 10.6 Å². The number of piperidine rings is 1. The molecule has 1 aliphatic rings. The summed E-state index contributed by atoms with van der Waals surface area (Å²) in [6.45, 7) is 2.60. The van der Waals surface area contributed by atoms with Crippen LogP contribution in [-0.4, -0.2) is 30.2 Å². The number of carbonyl (C=O) groups excluding carboxylic acids is 1. The molecule has 1 heterocycles. The fourth-order valence-corrected chi connectivity index (χ4v) is 1.58. The minimum absolute atomic E-state index is 0.232. The predicted octanol–water partition coefficient (Wildman–Crippen LogP) is 0.278. The Hall–Kier alpha value is -0.610. The Morgan fingerprint density at radius 1 is 1.58 bits per heavy atom. The number of hydrogen-bond acceptors (Lipinski definition) is 4. The van der Waals surface area contributed by atoms with Gasteiger partial charge in [-0.3, -0.25) is 10.6 Å². The summed E-state index contributed by atoms with van der Waals surface area (Å²) in [4.78, 5) is 11.4. The molecule has 70 valence electrons. The van der Waals surface area contributed by atoms with Crippen molar-refractivity contribution in [1.29, 1.82) is 0 Å². The van der Waals surface area contributed by atoms with Crippen LogP contribution in [-0.2, 0) is 9.53 Å². The van der Waals surface area contributed by atoms with E-state index in [1.807, 2.05) is 6.92 Å². The lowest BCUT2D eigenvalue weighted by atomic mass is 9.90. The first kappa shape index (κ1) is 9.48. The number of ether oxygens (including phenoxy) is 1. The number of carbonyl (C=O) groups is 1. The molecule has 4 heteroatoms. The van der Waals surface area contributed by atoms with Crippen molar-refractivity contribution in [3.63, 3.8) is 0 Å². The third-order valence-corrected chi connectivity index (χ3v) is 2.57. The van der Waals surface area contributed by atoms with Gasteiger partial charge in [0.1, 0.15) is 5.54 Å². The van der Waals surface area contributed by atoms with Gasteiger partial charge in [0.2, 0.25) is 0 Å². The molecule has 1 fully saturated rings. The first-order valence-electron chi connectivity index (χ1n) is 4.22. The first-order chi connectivity index (χ1) is 5.61. The zero-order chi connectivity index (χ0) is 9.19. The maximum absolute atomic E-state index is 11.4. The van der Waals surface area contributed by atoms with Gasteiger partial charge in [-0.15, -0.1) is 0 Å². The summed E-state index contributed by atoms with van der Waals surface area (Å²) in [6.07, 6.45) is 2.89. The van der Waals surface area contributed by atoms with Gasteiger partial charge in [-0.2, -0.15) is 0 Å². The van der Waals surface area contributed by atoms with E-state index in [1.165, 1.54) is 7.11 Å². The third-order valence-electron chi connectivity index (χ3n) is 2.57. The molecule has 0 aromatic carbocycles. The highest BCUT2D eigenvalue weighted by atomic mass is 16.5. The van der Waals surface area contributed by atoms with Crippen LogP contribution >= 0.6 is 0 Å². The Morgan fingerprint density at radius 3 is 2.75 bits per heavy atom. The lowest BCUT2D eigenvalue weighted by molar-refractivity contribution is -0.156. The summed E-state index contributed by atoms with van der Waals surface area (Å²) < 4.78 is 4.70. The predicted molar refractivity (Wildman–Crippen MR) is 45.2 cm³/mol. The zero-order valence-electron chi connectivity index (χ0n) is 7.67. The number of nitrogens with two attached hydrogens (primary N) is 1. The van der Waals surface area contributed by atoms with Crippen LogP contribution in [0.4, 0.5) is 0 Å². The average Bonchev–Trinajstić information content (AvgIpc) is 2.09. The summed E-state index contributed by atoms with van der Waals surface area (Å²) in [7, 11) is 1.40. The second kappa shape index (κ2) is 3.41. The molecule has 1 saturated heterocycles. The van der Waals surface area contributed by atoms with Crippen molar-refractivity contribution in [2.75, 3.05) is 13.7 Å². The number of esters is 1. The van der Waals surface area contributed by atoms with Crippen LogP contribution in [0.2, 0.25) is 0 Å². The van der Waals surface area contributed by atoms with Gasteiger partial charge >= 0.3 is 5.97 Å². The normalized spacial score (nSPS) is 31.6. The molecule has 12 heavy (non-hydrogen) atoms. The van der Waals surface area contributed by atoms with E-state index in [0.717, 1.165) is 25.8 Å². The van der Waals surface area contributed by atoms with E-state index in [1.54, 1.807) is 5.01 Å². The Labute approximate surface area is 72.6 Å². The molecule has 4 nitrogen and oxygen atoms in total. The van der Waals surface area contributed by atoms with Crippen LogP contribution in [0.15, 0.2) is 0 Å². The van der Waals surface area contributed by atoms with Crippen molar-refractivity contribution >= 4 is 5.97 Å². The average molecular weight is 172 g/mol. The lowest BCUT2D eigenvalue weighted by Crippen LogP contribution is -2.58. The second-order valence-corrected chi connectivity index (χ2v) is 3.42. The van der Waals surface area contributed by atoms with Gasteiger partial charge in [0, 0.05) is 6.54 Å². The van der Waals surface area contributed by atoms with Crippen molar-refractivity contribution in [1.82, 2.24) is 5.01 Å². The van der Waals surface area contributed by atoms with Crippen molar-refractivity contribution < 1.29 is 9.53 Å². The van der Waals surface area contributed by atoms with Gasteiger partial charge in [-0.25, -0.2) is 5.01 Å². The SMILES string of the molecule is COC(=O)[C@]1(C)CCCCN1N. The highest BCUT2D eigenvalue weighted by molar-refractivity contribution is 5.80. The summed E-state index contributed by atoms with van der Waals surface area (Å²) in [5.74, 6) is 5.49. The van der Waals surface area contributed by atoms with E-state index in [9.17, 15) is 4.79 Å². The number of rotatable bonds is 1. The van der Waals surface area contributed by atoms with E-state index >= 15 is 0 Å². The second-order valence-electron chi connectivity index (χ2n) is 3.42. The Bertz CT molecular complexity index is 184. The molecular weight excluding hydrogens is 156 g/mol. The summed E-state index contributed by atoms with van der Waals surface area (Å²) in [6, 6.07) is 0. The molecule has 0 amide bonds. The van der Waals surface area contributed by atoms with Crippen molar-refractivity contribution in [2.45, 2.75) is 31.7 Å². The molecule has 0 unspecified atom stereocenters. The molecule has 0 aliphatic carbocycles. The molecule has 1 aliphatic heterocycles. The summed E-state index contributed by atoms with van der Waals surface area (Å²) >= 11 is 0. The Kier molecular flexibility index (Phi) is 2.69. The highest BCUT2D eigenvalue weighted by Gasteiger charge is 2.40. The maximum Gasteiger partial charge on any atom is 0.327 e. The zero-order valence-corrected chi connectivity index (χ0v) is 7.67. The van der Waals surface area contributed by atoms with Crippen molar-refractivity contribution in [2.24, 2.45) is 5.84 Å². The van der Waals surface area contributed by atoms with Crippen LogP contribution < -0.4 is 5.84 Å². The third kappa shape index (κ3) is 1.44. The van der Waals surface area contributed by atoms with Gasteiger partial charge in [0.25, 0.3) is 0 Å². The van der Waals surface area contributed by atoms with E-state index in [2.05, 4.69) is 0 Å². The largest absolute Gasteiger partial charge is 0.468 e. The van der Waals surface area contributed by atoms with Gasteiger partial charge in [-0.05, 0) is 26.2 Å². The quantitative estimate of drug-likeness (QED) is 0.456. The van der Waals surface area contributed by atoms with Crippen LogP contribution in [0.3, 0.4) is 0 Å². The molecule has 0 radical (unpaired) electrons. The molecule has 0 saturated carbocycles. The van der Waals surface area contributed by atoms with Gasteiger partial charge in [0.15, 0.2) is 0 Å². The van der Waals surface area contributed by atoms with Crippen LogP contribution in [0.25, 0.3) is 0 Å². The van der Waals surface area contributed by atoms with Gasteiger partial charge in [-0.1, -0.05) is 0 Å². The Morgan fingerprint density at radius 2 is 2.25 bits per heavy atom. The lowest BCUT2D eigenvalue weighted by Gasteiger charge is -2.39. The van der Waals surface area contributed by atoms with Crippen LogP contribution in [0.1, 0.15) is 26.2 Å². The molecule has 2 N–H and O–H groups in total. The number of hydrogen-bond donors (Lipinski definition) is 1. The molecule has 1 rings (SSSR count). The fourth-order valence-electron chi connectivity index (χ4n) is 1.58. The van der Waals surface area contributed by atoms with E-state index in [-0.39, 0.29) is 5.97 Å². The number of methoxy groups -OCH3 is 1. The maximum atomic E-state index is 11.4. The van der Waals surface area contributed by atoms with Crippen molar-refractivity contribution in [3.05, 3.63) is 0 Å². The summed E-state index contributed by atoms with van der Waals surface area (Å²) in [5.41, 5.74) is -0.604. The topological polar surface area (TPSA) is 55.6 Å². The molecular formula is C8H16N2O2.